The molecule has 0 fully saturated rings. The van der Waals surface area contributed by atoms with Gasteiger partial charge in [-0.25, -0.2) is 4.79 Å². The third-order valence-corrected chi connectivity index (χ3v) is 5.58. The predicted molar refractivity (Wildman–Crippen MR) is 102 cm³/mol. The van der Waals surface area contributed by atoms with Gasteiger partial charge in [-0.15, -0.1) is 11.3 Å². The lowest BCUT2D eigenvalue weighted by atomic mass is 10.0. The summed E-state index contributed by atoms with van der Waals surface area (Å²) >= 11 is 7.63. The second-order valence-electron chi connectivity index (χ2n) is 5.88. The smallest absolute Gasteiger partial charge is 0.434 e. The van der Waals surface area contributed by atoms with E-state index in [1.54, 1.807) is 19.3 Å². The lowest BCUT2D eigenvalue weighted by molar-refractivity contribution is 0.104. The molecule has 0 spiro atoms. The number of ether oxygens (including phenoxy) is 2. The normalized spacial score (nSPS) is 12.8. The first-order chi connectivity index (χ1) is 12.7. The molecule has 4 rings (SSSR count). The van der Waals surface area contributed by atoms with Crippen LogP contribution in [0.15, 0.2) is 36.7 Å². The maximum Gasteiger partial charge on any atom is 0.513 e. The van der Waals surface area contributed by atoms with Gasteiger partial charge in [0.2, 0.25) is 0 Å². The summed E-state index contributed by atoms with van der Waals surface area (Å²) in [6.45, 7) is 2.90. The predicted octanol–water partition coefficient (Wildman–Crippen LogP) is 5.41. The second-order valence-corrected chi connectivity index (χ2v) is 7.59. The molecular weight excluding hydrogens is 372 g/mol. The average molecular weight is 389 g/mol. The summed E-state index contributed by atoms with van der Waals surface area (Å²) in [5, 5.41) is 0. The molecule has 0 saturated carbocycles. The zero-order chi connectivity index (χ0) is 18.1. The van der Waals surface area contributed by atoms with Crippen LogP contribution in [0, 0.1) is 0 Å². The third-order valence-electron chi connectivity index (χ3n) is 4.34. The zero-order valence-corrected chi connectivity index (χ0v) is 15.8. The van der Waals surface area contributed by atoms with Crippen LogP contribution in [0.5, 0.6) is 5.75 Å². The Kier molecular flexibility index (Phi) is 4.70. The standard InChI is InChI=1S/C19H17ClN2O3S/c1-2-24-19(23)25-18-16(12-7-9-21-10-8-12)13-4-3-11-22(13)17(18)14-5-6-15(20)26-14/h5-10H,2-4,11H2,1H3. The van der Waals surface area contributed by atoms with E-state index in [-0.39, 0.29) is 6.61 Å². The molecule has 0 bridgehead atoms. The van der Waals surface area contributed by atoms with E-state index < -0.39 is 6.16 Å². The van der Waals surface area contributed by atoms with Crippen molar-refractivity contribution in [2.24, 2.45) is 0 Å². The molecule has 0 aromatic carbocycles. The highest BCUT2D eigenvalue weighted by Gasteiger charge is 2.31. The molecule has 3 aromatic rings. The summed E-state index contributed by atoms with van der Waals surface area (Å²) in [7, 11) is 0. The highest BCUT2D eigenvalue weighted by atomic mass is 35.5. The fourth-order valence-corrected chi connectivity index (χ4v) is 4.48. The first-order valence-electron chi connectivity index (χ1n) is 8.45. The highest BCUT2D eigenvalue weighted by molar-refractivity contribution is 7.19. The molecular formula is C19H17ClN2O3S. The van der Waals surface area contributed by atoms with E-state index in [1.165, 1.54) is 11.3 Å². The summed E-state index contributed by atoms with van der Waals surface area (Å²) in [6, 6.07) is 7.67. The number of aromatic nitrogens is 2. The SMILES string of the molecule is CCOC(=O)Oc1c(-c2ccncc2)c2n(c1-c1ccc(Cl)s1)CCC2. The number of hydrogen-bond donors (Lipinski definition) is 0. The third kappa shape index (κ3) is 2.99. The van der Waals surface area contributed by atoms with Gasteiger partial charge in [-0.2, -0.15) is 0 Å². The van der Waals surface area contributed by atoms with E-state index in [9.17, 15) is 4.79 Å². The van der Waals surface area contributed by atoms with Crippen molar-refractivity contribution >= 4 is 29.1 Å². The number of nitrogens with zero attached hydrogens (tertiary/aromatic N) is 2. The average Bonchev–Trinajstić information content (AvgIpc) is 3.32. The summed E-state index contributed by atoms with van der Waals surface area (Å²) < 4.78 is 13.6. The first kappa shape index (κ1) is 17.1. The molecule has 0 N–H and O–H groups in total. The van der Waals surface area contributed by atoms with E-state index in [2.05, 4.69) is 9.55 Å². The van der Waals surface area contributed by atoms with Gasteiger partial charge in [-0.1, -0.05) is 11.6 Å². The molecule has 3 aromatic heterocycles. The molecule has 134 valence electrons. The quantitative estimate of drug-likeness (QED) is 0.560. The fourth-order valence-electron chi connectivity index (χ4n) is 3.39. The van der Waals surface area contributed by atoms with Gasteiger partial charge in [-0.05, 0) is 49.6 Å². The van der Waals surface area contributed by atoms with E-state index >= 15 is 0 Å². The van der Waals surface area contributed by atoms with Crippen LogP contribution in [0.2, 0.25) is 4.34 Å². The molecule has 4 heterocycles. The van der Waals surface area contributed by atoms with Crippen LogP contribution in [-0.4, -0.2) is 22.3 Å². The summed E-state index contributed by atoms with van der Waals surface area (Å²) in [6.07, 6.45) is 4.76. The van der Waals surface area contributed by atoms with Crippen molar-refractivity contribution in [1.82, 2.24) is 9.55 Å². The van der Waals surface area contributed by atoms with Crippen molar-refractivity contribution in [2.75, 3.05) is 6.61 Å². The molecule has 0 amide bonds. The number of carbonyl (C=O) groups is 1. The Morgan fingerprint density at radius 3 is 2.81 bits per heavy atom. The van der Waals surface area contributed by atoms with Gasteiger partial charge in [-0.3, -0.25) is 4.98 Å². The van der Waals surface area contributed by atoms with Crippen molar-refractivity contribution in [3.05, 3.63) is 46.7 Å². The number of hydrogen-bond acceptors (Lipinski definition) is 5. The summed E-state index contributed by atoms with van der Waals surface area (Å²) in [4.78, 5) is 17.2. The van der Waals surface area contributed by atoms with Crippen LogP contribution >= 0.6 is 22.9 Å². The van der Waals surface area contributed by atoms with Crippen LogP contribution in [0.1, 0.15) is 19.0 Å². The van der Waals surface area contributed by atoms with E-state index in [0.717, 1.165) is 46.8 Å². The summed E-state index contributed by atoms with van der Waals surface area (Å²) in [5.41, 5.74) is 3.95. The second kappa shape index (κ2) is 7.13. The minimum atomic E-state index is -0.698. The van der Waals surface area contributed by atoms with Crippen LogP contribution in [-0.2, 0) is 17.7 Å². The van der Waals surface area contributed by atoms with Crippen LogP contribution in [0.4, 0.5) is 4.79 Å². The van der Waals surface area contributed by atoms with Gasteiger partial charge >= 0.3 is 6.16 Å². The van der Waals surface area contributed by atoms with Crippen LogP contribution in [0.3, 0.4) is 0 Å². The maximum atomic E-state index is 12.1. The highest BCUT2D eigenvalue weighted by Crippen LogP contribution is 2.48. The van der Waals surface area contributed by atoms with Gasteiger partial charge in [0, 0.05) is 30.2 Å². The van der Waals surface area contributed by atoms with Crippen molar-refractivity contribution in [3.63, 3.8) is 0 Å². The Morgan fingerprint density at radius 2 is 2.12 bits per heavy atom. The molecule has 0 saturated heterocycles. The Morgan fingerprint density at radius 1 is 1.31 bits per heavy atom. The Bertz CT molecular complexity index is 949. The molecule has 7 heteroatoms. The number of thiophene rings is 1. The first-order valence-corrected chi connectivity index (χ1v) is 9.64. The largest absolute Gasteiger partial charge is 0.513 e. The van der Waals surface area contributed by atoms with E-state index in [1.807, 2.05) is 24.3 Å². The van der Waals surface area contributed by atoms with Gasteiger partial charge in [0.1, 0.15) is 5.69 Å². The molecule has 1 aliphatic heterocycles. The molecule has 0 unspecified atom stereocenters. The molecule has 1 aliphatic rings. The lowest BCUT2D eigenvalue weighted by Gasteiger charge is -2.10. The van der Waals surface area contributed by atoms with Crippen molar-refractivity contribution < 1.29 is 14.3 Å². The fraction of sp³-hybridized carbons (Fsp3) is 0.263. The monoisotopic (exact) mass is 388 g/mol. The number of carbonyl (C=O) groups excluding carboxylic acids is 1. The van der Waals surface area contributed by atoms with E-state index in [4.69, 9.17) is 21.1 Å². The van der Waals surface area contributed by atoms with Gasteiger partial charge < -0.3 is 14.0 Å². The molecule has 0 radical (unpaired) electrons. The molecule has 0 aliphatic carbocycles. The van der Waals surface area contributed by atoms with Gasteiger partial charge in [0.25, 0.3) is 0 Å². The van der Waals surface area contributed by atoms with Crippen molar-refractivity contribution in [2.45, 2.75) is 26.3 Å². The van der Waals surface area contributed by atoms with E-state index in [0.29, 0.717) is 10.1 Å². The van der Waals surface area contributed by atoms with Gasteiger partial charge in [0.15, 0.2) is 5.75 Å². The number of rotatable bonds is 4. The topological polar surface area (TPSA) is 53.4 Å². The van der Waals surface area contributed by atoms with Crippen molar-refractivity contribution in [1.29, 1.82) is 0 Å². The number of pyridine rings is 1. The van der Waals surface area contributed by atoms with Gasteiger partial charge in [0.05, 0.1) is 15.8 Å². The Hall–Kier alpha value is -2.31. The maximum absolute atomic E-state index is 12.1. The lowest BCUT2D eigenvalue weighted by Crippen LogP contribution is -2.11. The zero-order valence-electron chi connectivity index (χ0n) is 14.2. The number of halogens is 1. The minimum Gasteiger partial charge on any atom is -0.434 e. The molecule has 5 nitrogen and oxygen atoms in total. The Balaban J connectivity index is 1.94. The van der Waals surface area contributed by atoms with Crippen molar-refractivity contribution in [3.8, 4) is 27.4 Å². The molecule has 0 atom stereocenters. The molecule has 26 heavy (non-hydrogen) atoms. The summed E-state index contributed by atoms with van der Waals surface area (Å²) in [5.74, 6) is 0.530. The number of fused-ring (bicyclic) bond motifs is 1. The van der Waals surface area contributed by atoms with Crippen LogP contribution in [0.25, 0.3) is 21.7 Å². The Labute approximate surface area is 160 Å². The van der Waals surface area contributed by atoms with Crippen LogP contribution < -0.4 is 4.74 Å². The minimum absolute atomic E-state index is 0.261.